The van der Waals surface area contributed by atoms with Crippen LogP contribution in [0.2, 0.25) is 0 Å². The first-order chi connectivity index (χ1) is 15.6. The third kappa shape index (κ3) is 5.66. The molecular formula is C29H30N2O. The Labute approximate surface area is 191 Å². The number of piperidine rings is 1. The number of rotatable bonds is 4. The van der Waals surface area contributed by atoms with Gasteiger partial charge in [0.05, 0.1) is 0 Å². The van der Waals surface area contributed by atoms with Crippen LogP contribution in [0.4, 0.5) is 5.69 Å². The summed E-state index contributed by atoms with van der Waals surface area (Å²) in [6, 6.07) is 24.7. The van der Waals surface area contributed by atoms with Crippen molar-refractivity contribution in [3.8, 4) is 23.0 Å². The fraction of sp³-hybridized carbons (Fsp3) is 0.276. The number of hydrogen-bond donors (Lipinski definition) is 0. The largest absolute Gasteiger partial charge is 0.305 e. The van der Waals surface area contributed by atoms with Gasteiger partial charge in [-0.15, -0.1) is 0 Å². The van der Waals surface area contributed by atoms with Crippen molar-refractivity contribution in [3.63, 3.8) is 0 Å². The summed E-state index contributed by atoms with van der Waals surface area (Å²) in [5.74, 6) is 5.56. The van der Waals surface area contributed by atoms with Crippen molar-refractivity contribution < 1.29 is 4.79 Å². The predicted molar refractivity (Wildman–Crippen MR) is 132 cm³/mol. The van der Waals surface area contributed by atoms with E-state index in [2.05, 4.69) is 60.1 Å². The van der Waals surface area contributed by atoms with E-state index < -0.39 is 0 Å². The molecule has 4 rings (SSSR count). The summed E-state index contributed by atoms with van der Waals surface area (Å²) >= 11 is 0. The molecule has 0 unspecified atom stereocenters. The van der Waals surface area contributed by atoms with E-state index in [4.69, 9.17) is 0 Å². The summed E-state index contributed by atoms with van der Waals surface area (Å²) in [4.78, 5) is 16.7. The lowest BCUT2D eigenvalue weighted by atomic mass is 10.0. The van der Waals surface area contributed by atoms with Gasteiger partial charge in [-0.2, -0.15) is 0 Å². The molecule has 1 heterocycles. The molecule has 0 aliphatic carbocycles. The van der Waals surface area contributed by atoms with E-state index in [1.54, 1.807) is 11.9 Å². The maximum Gasteiger partial charge on any atom is 0.302 e. The van der Waals surface area contributed by atoms with Gasteiger partial charge in [-0.05, 0) is 73.8 Å². The Bertz CT molecular complexity index is 1100. The molecule has 0 aromatic heterocycles. The number of carbonyl (C=O) groups excluding carboxylic acids is 1. The quantitative estimate of drug-likeness (QED) is 0.506. The number of carbonyl (C=O) groups is 1. The van der Waals surface area contributed by atoms with Crippen LogP contribution in [-0.2, 0) is 11.3 Å². The summed E-state index contributed by atoms with van der Waals surface area (Å²) in [5.41, 5.74) is 6.55. The lowest BCUT2D eigenvalue weighted by Gasteiger charge is -2.26. The Kier molecular flexibility index (Phi) is 7.04. The fourth-order valence-electron chi connectivity index (χ4n) is 4.02. The molecule has 1 aliphatic rings. The zero-order valence-corrected chi connectivity index (χ0v) is 19.0. The van der Waals surface area contributed by atoms with Crippen LogP contribution >= 0.6 is 0 Å². The maximum atomic E-state index is 12.6. The van der Waals surface area contributed by atoms with Crippen molar-refractivity contribution in [1.29, 1.82) is 0 Å². The van der Waals surface area contributed by atoms with Crippen LogP contribution < -0.4 is 4.90 Å². The summed E-state index contributed by atoms with van der Waals surface area (Å²) in [6.45, 7) is 5.43. The average molecular weight is 423 g/mol. The molecule has 1 aliphatic heterocycles. The molecule has 3 aromatic rings. The lowest BCUT2D eigenvalue weighted by Crippen LogP contribution is -2.29. The summed E-state index contributed by atoms with van der Waals surface area (Å²) in [7, 11) is 1.77. The molecule has 0 bridgehead atoms. The van der Waals surface area contributed by atoms with Gasteiger partial charge in [-0.1, -0.05) is 66.4 Å². The normalized spacial score (nSPS) is 13.8. The molecule has 3 heteroatoms. The minimum atomic E-state index is -0.212. The van der Waals surface area contributed by atoms with Crippen molar-refractivity contribution in [2.75, 3.05) is 25.0 Å². The number of anilines is 1. The second-order valence-electron chi connectivity index (χ2n) is 8.56. The molecule has 1 amide bonds. The first kappa shape index (κ1) is 21.9. The SMILES string of the molecule is Cc1ccc(-c2ccc(C#CC(=O)N(C)c3ccc(CN4CCCCC4)cc3)cc2)cc1. The standard InChI is InChI=1S/C29H30N2O/c1-23-6-13-26(14-7-23)27-15-8-24(9-16-27)12-19-29(32)30(2)28-17-10-25(11-18-28)22-31-20-4-3-5-21-31/h6-11,13-18H,3-5,20-22H2,1-2H3. The van der Waals surface area contributed by atoms with E-state index in [9.17, 15) is 4.79 Å². The molecule has 32 heavy (non-hydrogen) atoms. The monoisotopic (exact) mass is 422 g/mol. The van der Waals surface area contributed by atoms with Gasteiger partial charge >= 0.3 is 5.91 Å². The van der Waals surface area contributed by atoms with Gasteiger partial charge in [0.15, 0.2) is 0 Å². The highest BCUT2D eigenvalue weighted by molar-refractivity contribution is 6.05. The highest BCUT2D eigenvalue weighted by Crippen LogP contribution is 2.20. The fourth-order valence-corrected chi connectivity index (χ4v) is 4.02. The minimum absolute atomic E-state index is 0.212. The van der Waals surface area contributed by atoms with Crippen LogP contribution in [0.25, 0.3) is 11.1 Å². The zero-order valence-electron chi connectivity index (χ0n) is 19.0. The maximum absolute atomic E-state index is 12.6. The molecular weight excluding hydrogens is 392 g/mol. The molecule has 1 fully saturated rings. The number of aryl methyl sites for hydroxylation is 1. The van der Waals surface area contributed by atoms with Crippen molar-refractivity contribution in [2.24, 2.45) is 0 Å². The van der Waals surface area contributed by atoms with E-state index in [1.807, 2.05) is 36.4 Å². The molecule has 1 saturated heterocycles. The number of likely N-dealkylation sites (tertiary alicyclic amines) is 1. The summed E-state index contributed by atoms with van der Waals surface area (Å²) in [5, 5.41) is 0. The average Bonchev–Trinajstić information content (AvgIpc) is 2.84. The van der Waals surface area contributed by atoms with Gasteiger partial charge in [-0.25, -0.2) is 0 Å². The Balaban J connectivity index is 1.37. The van der Waals surface area contributed by atoms with Gasteiger partial charge in [0.25, 0.3) is 0 Å². The number of amides is 1. The molecule has 0 radical (unpaired) electrons. The first-order valence-corrected chi connectivity index (χ1v) is 11.4. The van der Waals surface area contributed by atoms with Gasteiger partial charge in [0, 0.05) is 30.8 Å². The Morgan fingerprint density at radius 1 is 0.844 bits per heavy atom. The third-order valence-electron chi connectivity index (χ3n) is 6.07. The number of nitrogens with zero attached hydrogens (tertiary/aromatic N) is 2. The van der Waals surface area contributed by atoms with Crippen LogP contribution in [0.15, 0.2) is 72.8 Å². The molecule has 3 aromatic carbocycles. The third-order valence-corrected chi connectivity index (χ3v) is 6.07. The zero-order chi connectivity index (χ0) is 22.3. The molecule has 0 spiro atoms. The predicted octanol–water partition coefficient (Wildman–Crippen LogP) is 5.66. The van der Waals surface area contributed by atoms with Crippen LogP contribution in [-0.4, -0.2) is 30.9 Å². The van der Waals surface area contributed by atoms with Crippen molar-refractivity contribution in [2.45, 2.75) is 32.7 Å². The Morgan fingerprint density at radius 3 is 2.06 bits per heavy atom. The van der Waals surface area contributed by atoms with E-state index in [0.717, 1.165) is 23.4 Å². The molecule has 0 N–H and O–H groups in total. The Morgan fingerprint density at radius 2 is 1.44 bits per heavy atom. The van der Waals surface area contributed by atoms with Crippen molar-refractivity contribution >= 4 is 11.6 Å². The summed E-state index contributed by atoms with van der Waals surface area (Å²) < 4.78 is 0. The van der Waals surface area contributed by atoms with Crippen molar-refractivity contribution in [1.82, 2.24) is 4.90 Å². The molecule has 3 nitrogen and oxygen atoms in total. The van der Waals surface area contributed by atoms with Gasteiger partial charge in [0.2, 0.25) is 0 Å². The van der Waals surface area contributed by atoms with E-state index in [-0.39, 0.29) is 5.91 Å². The smallest absolute Gasteiger partial charge is 0.302 e. The molecule has 0 saturated carbocycles. The molecule has 0 atom stereocenters. The van der Waals surface area contributed by atoms with Gasteiger partial charge in [-0.3, -0.25) is 9.69 Å². The van der Waals surface area contributed by atoms with E-state index >= 15 is 0 Å². The van der Waals surface area contributed by atoms with E-state index in [0.29, 0.717) is 0 Å². The topological polar surface area (TPSA) is 23.6 Å². The number of benzene rings is 3. The minimum Gasteiger partial charge on any atom is -0.305 e. The van der Waals surface area contributed by atoms with Crippen LogP contribution in [0.3, 0.4) is 0 Å². The first-order valence-electron chi connectivity index (χ1n) is 11.4. The summed E-state index contributed by atoms with van der Waals surface area (Å²) in [6.07, 6.45) is 3.94. The van der Waals surface area contributed by atoms with Crippen LogP contribution in [0.1, 0.15) is 36.0 Å². The second-order valence-corrected chi connectivity index (χ2v) is 8.56. The van der Waals surface area contributed by atoms with E-state index in [1.165, 1.54) is 49.0 Å². The van der Waals surface area contributed by atoms with Gasteiger partial charge in [0.1, 0.15) is 0 Å². The lowest BCUT2D eigenvalue weighted by molar-refractivity contribution is -0.113. The van der Waals surface area contributed by atoms with Crippen molar-refractivity contribution in [3.05, 3.63) is 89.5 Å². The Hall–Kier alpha value is -3.35. The second kappa shape index (κ2) is 10.3. The highest BCUT2D eigenvalue weighted by atomic mass is 16.2. The van der Waals surface area contributed by atoms with Crippen LogP contribution in [0.5, 0.6) is 0 Å². The van der Waals surface area contributed by atoms with Crippen LogP contribution in [0, 0.1) is 18.8 Å². The van der Waals surface area contributed by atoms with Gasteiger partial charge < -0.3 is 4.90 Å². The number of hydrogen-bond acceptors (Lipinski definition) is 2. The molecule has 162 valence electrons. The highest BCUT2D eigenvalue weighted by Gasteiger charge is 2.12.